The minimum Gasteiger partial charge on any atom is -0.482 e. The van der Waals surface area contributed by atoms with Gasteiger partial charge >= 0.3 is 5.97 Å². The summed E-state index contributed by atoms with van der Waals surface area (Å²) in [5.74, 6) is 0.709. The third-order valence-electron chi connectivity index (χ3n) is 3.62. The van der Waals surface area contributed by atoms with Crippen molar-refractivity contribution in [2.45, 2.75) is 12.8 Å². The Hall–Kier alpha value is -2.09. The molecule has 1 aliphatic rings. The third kappa shape index (κ3) is 4.25. The number of halogens is 1. The quantitative estimate of drug-likeness (QED) is 0.409. The summed E-state index contributed by atoms with van der Waals surface area (Å²) in [6.07, 6.45) is 1.47. The molecule has 2 aromatic rings. The minimum atomic E-state index is -0.474. The van der Waals surface area contributed by atoms with Gasteiger partial charge in [-0.1, -0.05) is 0 Å². The van der Waals surface area contributed by atoms with Gasteiger partial charge in [-0.15, -0.1) is 0 Å². The van der Waals surface area contributed by atoms with Gasteiger partial charge < -0.3 is 14.4 Å². The van der Waals surface area contributed by atoms with Gasteiger partial charge in [-0.2, -0.15) is 0 Å². The van der Waals surface area contributed by atoms with Crippen LogP contribution in [0.5, 0.6) is 11.5 Å². The monoisotopic (exact) mass is 437 g/mol. The molecule has 0 N–H and O–H groups in total. The standard InChI is InChI=1S/C18H16INO4/c19-13-3-7-15(8-4-13)23-12-18(22)24-16-9-5-14(6-10-16)20-11-1-2-17(20)21/h3-10H,1-2,11-12H2. The number of hydrogen-bond acceptors (Lipinski definition) is 4. The van der Waals surface area contributed by atoms with Gasteiger partial charge in [0.15, 0.2) is 6.61 Å². The summed E-state index contributed by atoms with van der Waals surface area (Å²) in [6, 6.07) is 14.3. The maximum Gasteiger partial charge on any atom is 0.349 e. The van der Waals surface area contributed by atoms with Gasteiger partial charge in [-0.3, -0.25) is 4.79 Å². The lowest BCUT2D eigenvalue weighted by molar-refractivity contribution is -0.136. The molecule has 1 fully saturated rings. The largest absolute Gasteiger partial charge is 0.482 e. The van der Waals surface area contributed by atoms with Crippen LogP contribution in [0.3, 0.4) is 0 Å². The predicted octanol–water partition coefficient (Wildman–Crippen LogP) is 3.40. The Balaban J connectivity index is 1.52. The van der Waals surface area contributed by atoms with Gasteiger partial charge in [0.05, 0.1) is 0 Å². The van der Waals surface area contributed by atoms with Crippen LogP contribution >= 0.6 is 22.6 Å². The molecule has 1 amide bonds. The molecular formula is C18H16INO4. The Kier molecular flexibility index (Phi) is 5.34. The molecule has 0 spiro atoms. The van der Waals surface area contributed by atoms with Crippen molar-refractivity contribution in [2.75, 3.05) is 18.1 Å². The Labute approximate surface area is 153 Å². The Bertz CT molecular complexity index is 728. The van der Waals surface area contributed by atoms with Crippen LogP contribution in [0.2, 0.25) is 0 Å². The van der Waals surface area contributed by atoms with E-state index in [0.717, 1.165) is 22.2 Å². The van der Waals surface area contributed by atoms with Crippen molar-refractivity contribution in [1.82, 2.24) is 0 Å². The van der Waals surface area contributed by atoms with E-state index in [1.165, 1.54) is 0 Å². The number of amides is 1. The second-order valence-electron chi connectivity index (χ2n) is 5.36. The van der Waals surface area contributed by atoms with Crippen molar-refractivity contribution in [3.63, 3.8) is 0 Å². The maximum absolute atomic E-state index is 11.8. The van der Waals surface area contributed by atoms with Crippen LogP contribution in [0.25, 0.3) is 0 Å². The van der Waals surface area contributed by atoms with E-state index in [-0.39, 0.29) is 12.5 Å². The SMILES string of the molecule is O=C(COc1ccc(I)cc1)Oc1ccc(N2CCCC2=O)cc1. The maximum atomic E-state index is 11.8. The summed E-state index contributed by atoms with van der Waals surface area (Å²) in [7, 11) is 0. The highest BCUT2D eigenvalue weighted by Gasteiger charge is 2.21. The number of carbonyl (C=O) groups excluding carboxylic acids is 2. The molecule has 3 rings (SSSR count). The van der Waals surface area contributed by atoms with Gasteiger partial charge in [-0.25, -0.2) is 4.79 Å². The normalized spacial score (nSPS) is 13.9. The summed E-state index contributed by atoms with van der Waals surface area (Å²) in [6.45, 7) is 0.578. The number of esters is 1. The van der Waals surface area contributed by atoms with Crippen molar-refractivity contribution in [2.24, 2.45) is 0 Å². The van der Waals surface area contributed by atoms with Crippen molar-refractivity contribution in [3.8, 4) is 11.5 Å². The third-order valence-corrected chi connectivity index (χ3v) is 4.34. The fourth-order valence-corrected chi connectivity index (χ4v) is 2.81. The van der Waals surface area contributed by atoms with Crippen LogP contribution in [0.4, 0.5) is 5.69 Å². The molecular weight excluding hydrogens is 421 g/mol. The highest BCUT2D eigenvalue weighted by Crippen LogP contribution is 2.24. The number of hydrogen-bond donors (Lipinski definition) is 0. The molecule has 2 aromatic carbocycles. The average Bonchev–Trinajstić information content (AvgIpc) is 3.01. The first kappa shape index (κ1) is 16.8. The van der Waals surface area contributed by atoms with E-state index in [2.05, 4.69) is 22.6 Å². The lowest BCUT2D eigenvalue weighted by Crippen LogP contribution is -2.23. The molecule has 0 atom stereocenters. The topological polar surface area (TPSA) is 55.8 Å². The zero-order chi connectivity index (χ0) is 16.9. The molecule has 0 saturated carbocycles. The van der Waals surface area contributed by atoms with Crippen molar-refractivity contribution in [3.05, 3.63) is 52.1 Å². The minimum absolute atomic E-state index is 0.130. The van der Waals surface area contributed by atoms with E-state index in [1.807, 2.05) is 12.1 Å². The molecule has 0 unspecified atom stereocenters. The first-order valence-electron chi connectivity index (χ1n) is 7.61. The van der Waals surface area contributed by atoms with E-state index in [0.29, 0.717) is 17.9 Å². The zero-order valence-corrected chi connectivity index (χ0v) is 15.1. The fourth-order valence-electron chi connectivity index (χ4n) is 2.45. The van der Waals surface area contributed by atoms with E-state index in [4.69, 9.17) is 9.47 Å². The number of anilines is 1. The van der Waals surface area contributed by atoms with Gasteiger partial charge in [0.1, 0.15) is 11.5 Å². The molecule has 0 radical (unpaired) electrons. The van der Waals surface area contributed by atoms with Gasteiger partial charge in [-0.05, 0) is 77.5 Å². The summed E-state index contributed by atoms with van der Waals surface area (Å²) in [5, 5.41) is 0. The molecule has 1 heterocycles. The Morgan fingerprint density at radius 2 is 1.71 bits per heavy atom. The van der Waals surface area contributed by atoms with Crippen LogP contribution < -0.4 is 14.4 Å². The van der Waals surface area contributed by atoms with E-state index in [1.54, 1.807) is 41.3 Å². The lowest BCUT2D eigenvalue weighted by atomic mass is 10.3. The summed E-state index contributed by atoms with van der Waals surface area (Å²) in [5.41, 5.74) is 0.826. The van der Waals surface area contributed by atoms with Gasteiger partial charge in [0.2, 0.25) is 5.91 Å². The van der Waals surface area contributed by atoms with Crippen molar-refractivity contribution >= 4 is 40.2 Å². The average molecular weight is 437 g/mol. The summed E-state index contributed by atoms with van der Waals surface area (Å²) >= 11 is 2.20. The fraction of sp³-hybridized carbons (Fsp3) is 0.222. The van der Waals surface area contributed by atoms with Crippen LogP contribution in [-0.4, -0.2) is 25.0 Å². The molecule has 1 saturated heterocycles. The van der Waals surface area contributed by atoms with Gasteiger partial charge in [0, 0.05) is 22.2 Å². The van der Waals surface area contributed by atoms with E-state index >= 15 is 0 Å². The van der Waals surface area contributed by atoms with Crippen LogP contribution in [-0.2, 0) is 9.59 Å². The summed E-state index contributed by atoms with van der Waals surface area (Å²) in [4.78, 5) is 25.3. The van der Waals surface area contributed by atoms with Crippen molar-refractivity contribution in [1.29, 1.82) is 0 Å². The molecule has 0 aromatic heterocycles. The lowest BCUT2D eigenvalue weighted by Gasteiger charge is -2.15. The second-order valence-corrected chi connectivity index (χ2v) is 6.61. The van der Waals surface area contributed by atoms with Crippen molar-refractivity contribution < 1.29 is 19.1 Å². The number of carbonyl (C=O) groups is 2. The highest BCUT2D eigenvalue weighted by molar-refractivity contribution is 14.1. The number of rotatable bonds is 5. The predicted molar refractivity (Wildman–Crippen MR) is 98.3 cm³/mol. The molecule has 6 heteroatoms. The molecule has 1 aliphatic heterocycles. The van der Waals surface area contributed by atoms with Crippen LogP contribution in [0, 0.1) is 3.57 Å². The molecule has 0 aliphatic carbocycles. The Morgan fingerprint density at radius 3 is 2.33 bits per heavy atom. The van der Waals surface area contributed by atoms with Crippen LogP contribution in [0.15, 0.2) is 48.5 Å². The molecule has 5 nitrogen and oxygen atoms in total. The highest BCUT2D eigenvalue weighted by atomic mass is 127. The second kappa shape index (κ2) is 7.65. The molecule has 124 valence electrons. The summed E-state index contributed by atoms with van der Waals surface area (Å²) < 4.78 is 11.7. The van der Waals surface area contributed by atoms with E-state index in [9.17, 15) is 9.59 Å². The smallest absolute Gasteiger partial charge is 0.349 e. The zero-order valence-electron chi connectivity index (χ0n) is 12.9. The first-order valence-corrected chi connectivity index (χ1v) is 8.69. The number of ether oxygens (including phenoxy) is 2. The number of benzene rings is 2. The van der Waals surface area contributed by atoms with E-state index < -0.39 is 5.97 Å². The Morgan fingerprint density at radius 1 is 1.04 bits per heavy atom. The molecule has 0 bridgehead atoms. The number of nitrogens with zero attached hydrogens (tertiary/aromatic N) is 1. The van der Waals surface area contributed by atoms with Crippen LogP contribution in [0.1, 0.15) is 12.8 Å². The first-order chi connectivity index (χ1) is 11.6. The van der Waals surface area contributed by atoms with Gasteiger partial charge in [0.25, 0.3) is 0 Å². The molecule has 24 heavy (non-hydrogen) atoms.